The van der Waals surface area contributed by atoms with E-state index in [9.17, 15) is 13.2 Å². The number of rotatable bonds is 5. The maximum absolute atomic E-state index is 12.0. The number of hydrogen-bond donors (Lipinski definition) is 3. The van der Waals surface area contributed by atoms with Crippen molar-refractivity contribution in [2.45, 2.75) is 23.8 Å². The van der Waals surface area contributed by atoms with Crippen LogP contribution in [-0.4, -0.2) is 31.9 Å². The number of amides is 1. The van der Waals surface area contributed by atoms with Crippen molar-refractivity contribution in [1.29, 1.82) is 0 Å². The summed E-state index contributed by atoms with van der Waals surface area (Å²) in [5, 5.41) is 2.68. The average Bonchev–Trinajstić information content (AvgIpc) is 3.14. The van der Waals surface area contributed by atoms with Gasteiger partial charge in [-0.2, -0.15) is 0 Å². The first-order valence-electron chi connectivity index (χ1n) is 5.58. The molecule has 1 aromatic heterocycles. The maximum atomic E-state index is 12.0. The minimum atomic E-state index is -3.85. The Hall–Kier alpha value is -1.19. The van der Waals surface area contributed by atoms with Crippen molar-refractivity contribution in [3.05, 3.63) is 16.7 Å². The Balaban J connectivity index is 2.04. The van der Waals surface area contributed by atoms with E-state index in [2.05, 4.69) is 31.0 Å². The second kappa shape index (κ2) is 5.43. The predicted octanol–water partition coefficient (Wildman–Crippen LogP) is -0.0168. The predicted molar refractivity (Wildman–Crippen MR) is 72.7 cm³/mol. The van der Waals surface area contributed by atoms with Crippen molar-refractivity contribution in [2.24, 2.45) is 0 Å². The largest absolute Gasteiger partial charge is 0.383 e. The van der Waals surface area contributed by atoms with Gasteiger partial charge in [-0.25, -0.2) is 18.1 Å². The standard InChI is InChI=1S/C10H13BrN4O3S/c11-6-3-8(10(12)13-4-6)19(17,18)14-5-9(16)15-7-1-2-7/h3-4,7,14H,1-2,5H2,(H2,12,13)(H,15,16). The summed E-state index contributed by atoms with van der Waals surface area (Å²) in [5.41, 5.74) is 5.52. The van der Waals surface area contributed by atoms with Crippen LogP contribution in [0.15, 0.2) is 21.6 Å². The van der Waals surface area contributed by atoms with E-state index in [1.165, 1.54) is 12.3 Å². The molecule has 0 atom stereocenters. The van der Waals surface area contributed by atoms with Gasteiger partial charge in [-0.15, -0.1) is 0 Å². The van der Waals surface area contributed by atoms with Gasteiger partial charge in [0.1, 0.15) is 10.7 Å². The van der Waals surface area contributed by atoms with E-state index in [1.807, 2.05) is 0 Å². The average molecular weight is 349 g/mol. The van der Waals surface area contributed by atoms with Crippen LogP contribution in [0.25, 0.3) is 0 Å². The van der Waals surface area contributed by atoms with Gasteiger partial charge in [0.2, 0.25) is 15.9 Å². The molecular weight excluding hydrogens is 336 g/mol. The molecular formula is C10H13BrN4O3S. The second-order valence-electron chi connectivity index (χ2n) is 4.20. The number of aromatic nitrogens is 1. The highest BCUT2D eigenvalue weighted by molar-refractivity contribution is 9.10. The number of hydrogen-bond acceptors (Lipinski definition) is 5. The van der Waals surface area contributed by atoms with Crippen LogP contribution in [0, 0.1) is 0 Å². The molecule has 1 aromatic rings. The normalized spacial score (nSPS) is 15.2. The van der Waals surface area contributed by atoms with Gasteiger partial charge in [0.25, 0.3) is 0 Å². The SMILES string of the molecule is Nc1ncc(Br)cc1S(=O)(=O)NCC(=O)NC1CC1. The van der Waals surface area contributed by atoms with Gasteiger partial charge in [0, 0.05) is 16.7 Å². The Morgan fingerprint density at radius 1 is 1.53 bits per heavy atom. The molecule has 0 bridgehead atoms. The third-order valence-electron chi connectivity index (χ3n) is 2.50. The maximum Gasteiger partial charge on any atom is 0.244 e. The molecule has 0 radical (unpaired) electrons. The van der Waals surface area contributed by atoms with E-state index >= 15 is 0 Å². The molecule has 1 saturated carbocycles. The molecule has 4 N–H and O–H groups in total. The fourth-order valence-electron chi connectivity index (χ4n) is 1.39. The van der Waals surface area contributed by atoms with Gasteiger partial charge in [0.05, 0.1) is 6.54 Å². The molecule has 1 amide bonds. The lowest BCUT2D eigenvalue weighted by Crippen LogP contribution is -2.38. The Morgan fingerprint density at radius 3 is 2.84 bits per heavy atom. The van der Waals surface area contributed by atoms with Crippen molar-refractivity contribution in [1.82, 2.24) is 15.0 Å². The third kappa shape index (κ3) is 3.88. The summed E-state index contributed by atoms with van der Waals surface area (Å²) < 4.78 is 26.6. The Kier molecular flexibility index (Phi) is 4.07. The molecule has 104 valence electrons. The quantitative estimate of drug-likeness (QED) is 0.691. The lowest BCUT2D eigenvalue weighted by molar-refractivity contribution is -0.120. The molecule has 2 rings (SSSR count). The number of nitrogens with one attached hydrogen (secondary N) is 2. The fourth-order valence-corrected chi connectivity index (χ4v) is 2.96. The Labute approximate surface area is 119 Å². The van der Waals surface area contributed by atoms with Crippen LogP contribution in [-0.2, 0) is 14.8 Å². The van der Waals surface area contributed by atoms with Crippen LogP contribution in [0.1, 0.15) is 12.8 Å². The van der Waals surface area contributed by atoms with Crippen molar-refractivity contribution in [3.8, 4) is 0 Å². The van der Waals surface area contributed by atoms with Crippen LogP contribution >= 0.6 is 15.9 Å². The van der Waals surface area contributed by atoms with Crippen molar-refractivity contribution >= 4 is 37.7 Å². The van der Waals surface area contributed by atoms with E-state index in [1.54, 1.807) is 0 Å². The summed E-state index contributed by atoms with van der Waals surface area (Å²) in [5.74, 6) is -0.467. The molecule has 1 aliphatic carbocycles. The fraction of sp³-hybridized carbons (Fsp3) is 0.400. The summed E-state index contributed by atoms with van der Waals surface area (Å²) in [4.78, 5) is 15.0. The summed E-state index contributed by atoms with van der Waals surface area (Å²) in [6.45, 7) is -0.315. The van der Waals surface area contributed by atoms with Gasteiger partial charge in [-0.1, -0.05) is 0 Å². The van der Waals surface area contributed by atoms with E-state index in [0.717, 1.165) is 12.8 Å². The molecule has 0 aliphatic heterocycles. The number of halogens is 1. The zero-order chi connectivity index (χ0) is 14.0. The zero-order valence-electron chi connectivity index (χ0n) is 9.89. The van der Waals surface area contributed by atoms with Gasteiger partial charge in [-0.3, -0.25) is 4.79 Å². The van der Waals surface area contributed by atoms with Crippen molar-refractivity contribution in [2.75, 3.05) is 12.3 Å². The van der Waals surface area contributed by atoms with Crippen LogP contribution in [0.5, 0.6) is 0 Å². The van der Waals surface area contributed by atoms with Gasteiger partial charge in [0.15, 0.2) is 0 Å². The third-order valence-corrected chi connectivity index (χ3v) is 4.37. The minimum absolute atomic E-state index is 0.113. The van der Waals surface area contributed by atoms with Gasteiger partial charge >= 0.3 is 0 Å². The topological polar surface area (TPSA) is 114 Å². The number of carbonyl (C=O) groups excluding carboxylic acids is 1. The number of anilines is 1. The molecule has 0 aromatic carbocycles. The van der Waals surface area contributed by atoms with Crippen molar-refractivity contribution in [3.63, 3.8) is 0 Å². The number of nitrogen functional groups attached to an aromatic ring is 1. The van der Waals surface area contributed by atoms with Crippen LogP contribution in [0.2, 0.25) is 0 Å². The number of sulfonamides is 1. The zero-order valence-corrected chi connectivity index (χ0v) is 12.3. The summed E-state index contributed by atoms with van der Waals surface area (Å²) >= 11 is 3.12. The Morgan fingerprint density at radius 2 is 2.21 bits per heavy atom. The lowest BCUT2D eigenvalue weighted by Gasteiger charge is -2.09. The first-order chi connectivity index (χ1) is 8.88. The Bertz CT molecular complexity index is 601. The summed E-state index contributed by atoms with van der Waals surface area (Å²) in [6.07, 6.45) is 3.29. The molecule has 1 aliphatic rings. The van der Waals surface area contributed by atoms with Gasteiger partial charge in [-0.05, 0) is 34.8 Å². The molecule has 0 unspecified atom stereocenters. The molecule has 9 heteroatoms. The molecule has 0 saturated heterocycles. The number of pyridine rings is 1. The highest BCUT2D eigenvalue weighted by Crippen LogP contribution is 2.20. The van der Waals surface area contributed by atoms with Gasteiger partial charge < -0.3 is 11.1 Å². The van der Waals surface area contributed by atoms with Crippen LogP contribution < -0.4 is 15.8 Å². The van der Waals surface area contributed by atoms with E-state index in [4.69, 9.17) is 5.73 Å². The highest BCUT2D eigenvalue weighted by Gasteiger charge is 2.25. The first kappa shape index (κ1) is 14.2. The lowest BCUT2D eigenvalue weighted by atomic mass is 10.5. The molecule has 0 spiro atoms. The molecule has 1 fully saturated rings. The van der Waals surface area contributed by atoms with Crippen molar-refractivity contribution < 1.29 is 13.2 Å². The van der Waals surface area contributed by atoms with Crippen LogP contribution in [0.4, 0.5) is 5.82 Å². The number of nitrogens with zero attached hydrogens (tertiary/aromatic N) is 1. The highest BCUT2D eigenvalue weighted by atomic mass is 79.9. The first-order valence-corrected chi connectivity index (χ1v) is 7.86. The summed E-state index contributed by atoms with van der Waals surface area (Å²) in [7, 11) is -3.85. The van der Waals surface area contributed by atoms with Crippen LogP contribution in [0.3, 0.4) is 0 Å². The summed E-state index contributed by atoms with van der Waals surface area (Å²) in [6, 6.07) is 1.53. The molecule has 1 heterocycles. The van der Waals surface area contributed by atoms with E-state index in [0.29, 0.717) is 4.47 Å². The minimum Gasteiger partial charge on any atom is -0.383 e. The number of carbonyl (C=O) groups is 1. The second-order valence-corrected chi connectivity index (χ2v) is 6.85. The molecule has 7 nitrogen and oxygen atoms in total. The smallest absolute Gasteiger partial charge is 0.244 e. The number of nitrogens with two attached hydrogens (primary N) is 1. The van der Waals surface area contributed by atoms with E-state index < -0.39 is 10.0 Å². The van der Waals surface area contributed by atoms with E-state index in [-0.39, 0.29) is 29.2 Å². The molecule has 19 heavy (non-hydrogen) atoms. The monoisotopic (exact) mass is 348 g/mol.